The molecule has 146 valence electrons. The van der Waals surface area contributed by atoms with Crippen LogP contribution >= 0.6 is 0 Å². The Morgan fingerprint density at radius 1 is 1.29 bits per heavy atom. The van der Waals surface area contributed by atoms with Gasteiger partial charge < -0.3 is 19.5 Å². The van der Waals surface area contributed by atoms with Gasteiger partial charge in [0.05, 0.1) is 18.8 Å². The Labute approximate surface area is 162 Å². The van der Waals surface area contributed by atoms with Gasteiger partial charge in [-0.05, 0) is 12.0 Å². The quantitative estimate of drug-likeness (QED) is 0.699. The van der Waals surface area contributed by atoms with E-state index < -0.39 is 0 Å². The van der Waals surface area contributed by atoms with Crippen molar-refractivity contribution in [1.82, 2.24) is 30.1 Å². The first-order valence-electron chi connectivity index (χ1n) is 9.09. The Balaban J connectivity index is 1.41. The van der Waals surface area contributed by atoms with Gasteiger partial charge in [0.1, 0.15) is 6.61 Å². The van der Waals surface area contributed by atoms with Crippen LogP contribution in [0.4, 0.5) is 4.79 Å². The van der Waals surface area contributed by atoms with Crippen molar-refractivity contribution in [3.63, 3.8) is 0 Å². The van der Waals surface area contributed by atoms with Crippen LogP contribution in [0.15, 0.2) is 34.9 Å². The lowest BCUT2D eigenvalue weighted by Gasteiger charge is -2.17. The predicted molar refractivity (Wildman–Crippen MR) is 100 cm³/mol. The van der Waals surface area contributed by atoms with E-state index in [2.05, 4.69) is 32.7 Å². The number of carbonyl (C=O) groups is 1. The van der Waals surface area contributed by atoms with E-state index in [1.165, 1.54) is 5.56 Å². The van der Waals surface area contributed by atoms with Crippen LogP contribution < -0.4 is 5.32 Å². The van der Waals surface area contributed by atoms with Crippen molar-refractivity contribution < 1.29 is 14.1 Å². The van der Waals surface area contributed by atoms with Crippen molar-refractivity contribution in [1.29, 1.82) is 0 Å². The fraction of sp³-hybridized carbons (Fsp3) is 0.368. The summed E-state index contributed by atoms with van der Waals surface area (Å²) in [5.41, 5.74) is 3.72. The van der Waals surface area contributed by atoms with Gasteiger partial charge in [0.25, 0.3) is 5.89 Å². The summed E-state index contributed by atoms with van der Waals surface area (Å²) in [6.07, 6.45) is 0.796. The number of rotatable bonds is 6. The molecule has 4 rings (SSSR count). The summed E-state index contributed by atoms with van der Waals surface area (Å²) >= 11 is 0. The van der Waals surface area contributed by atoms with E-state index >= 15 is 0 Å². The van der Waals surface area contributed by atoms with Crippen molar-refractivity contribution in [2.45, 2.75) is 26.1 Å². The van der Waals surface area contributed by atoms with Crippen molar-refractivity contribution >= 4 is 6.03 Å². The van der Waals surface area contributed by atoms with Gasteiger partial charge in [0.15, 0.2) is 11.5 Å². The van der Waals surface area contributed by atoms with Crippen LogP contribution in [0.1, 0.15) is 22.6 Å². The molecule has 28 heavy (non-hydrogen) atoms. The Kier molecular flexibility index (Phi) is 5.07. The summed E-state index contributed by atoms with van der Waals surface area (Å²) in [6, 6.07) is 9.99. The maximum absolute atomic E-state index is 12.6. The van der Waals surface area contributed by atoms with Crippen LogP contribution in [0, 0.1) is 0 Å². The van der Waals surface area contributed by atoms with E-state index in [4.69, 9.17) is 9.26 Å². The number of fused-ring (bicyclic) bond motifs is 1. The molecule has 9 nitrogen and oxygen atoms in total. The molecule has 0 saturated carbocycles. The first kappa shape index (κ1) is 18.2. The fourth-order valence-electron chi connectivity index (χ4n) is 3.32. The monoisotopic (exact) mass is 382 g/mol. The number of nitrogens with zero attached hydrogens (tertiary/aromatic N) is 5. The number of aryl methyl sites for hydroxylation is 1. The zero-order valence-corrected chi connectivity index (χ0v) is 15.9. The molecule has 1 aromatic carbocycles. The van der Waals surface area contributed by atoms with E-state index in [9.17, 15) is 4.79 Å². The molecule has 1 N–H and O–H groups in total. The van der Waals surface area contributed by atoms with Crippen molar-refractivity contribution in [2.75, 3.05) is 13.7 Å². The molecule has 0 spiro atoms. The summed E-state index contributed by atoms with van der Waals surface area (Å²) in [6.45, 7) is 1.81. The molecule has 1 aliphatic rings. The molecule has 9 heteroatoms. The van der Waals surface area contributed by atoms with Crippen molar-refractivity contribution in [3.05, 3.63) is 53.0 Å². The number of urea groups is 1. The molecule has 2 amide bonds. The third-order valence-electron chi connectivity index (χ3n) is 4.73. The predicted octanol–water partition coefficient (Wildman–Crippen LogP) is 1.88. The van der Waals surface area contributed by atoms with Crippen LogP contribution in [0.3, 0.4) is 0 Å². The summed E-state index contributed by atoms with van der Waals surface area (Å²) in [5.74, 6) is 0.806. The van der Waals surface area contributed by atoms with Crippen LogP contribution in [0.25, 0.3) is 11.6 Å². The smallest absolute Gasteiger partial charge is 0.318 e. The van der Waals surface area contributed by atoms with Gasteiger partial charge in [-0.3, -0.25) is 4.68 Å². The van der Waals surface area contributed by atoms with Gasteiger partial charge in [0.2, 0.25) is 0 Å². The molecule has 0 fully saturated rings. The van der Waals surface area contributed by atoms with Crippen molar-refractivity contribution in [2.24, 2.45) is 7.05 Å². The maximum Gasteiger partial charge on any atom is 0.318 e. The van der Waals surface area contributed by atoms with E-state index in [0.29, 0.717) is 37.0 Å². The molecule has 0 bridgehead atoms. The Morgan fingerprint density at radius 2 is 2.11 bits per heavy atom. The average Bonchev–Trinajstić information content (AvgIpc) is 3.40. The number of carbonyl (C=O) groups excluding carboxylic acids is 1. The Morgan fingerprint density at radius 3 is 2.89 bits per heavy atom. The van der Waals surface area contributed by atoms with Gasteiger partial charge in [-0.1, -0.05) is 35.5 Å². The molecular weight excluding hydrogens is 360 g/mol. The van der Waals surface area contributed by atoms with E-state index in [1.807, 2.05) is 25.2 Å². The van der Waals surface area contributed by atoms with Gasteiger partial charge >= 0.3 is 6.03 Å². The van der Waals surface area contributed by atoms with E-state index in [-0.39, 0.29) is 12.6 Å². The number of benzene rings is 1. The van der Waals surface area contributed by atoms with Crippen molar-refractivity contribution in [3.8, 4) is 11.6 Å². The fourth-order valence-corrected chi connectivity index (χ4v) is 3.32. The number of hydrogen-bond acceptors (Lipinski definition) is 6. The number of ether oxygens (including phenoxy) is 1. The minimum absolute atomic E-state index is 0.0938. The molecular formula is C19H22N6O3. The summed E-state index contributed by atoms with van der Waals surface area (Å²) < 4.78 is 12.1. The minimum Gasteiger partial charge on any atom is -0.377 e. The number of methoxy groups -OCH3 is 1. The lowest BCUT2D eigenvalue weighted by atomic mass is 10.1. The Hall–Kier alpha value is -3.20. The minimum atomic E-state index is -0.0938. The van der Waals surface area contributed by atoms with Gasteiger partial charge in [-0.15, -0.1) is 0 Å². The van der Waals surface area contributed by atoms with E-state index in [0.717, 1.165) is 17.7 Å². The standard InChI is InChI=1S/C19H22N6O3/c1-24-15-11-25(19(26)20-9-8-13-6-4-3-5-7-13)10-14(15)17(22-24)18-21-16(12-27-2)23-28-18/h3-7H,8-12H2,1-2H3,(H,20,26). The lowest BCUT2D eigenvalue weighted by molar-refractivity contribution is 0.174. The number of hydrogen-bond donors (Lipinski definition) is 1. The third kappa shape index (κ3) is 3.61. The number of nitrogens with one attached hydrogen (secondary N) is 1. The first-order valence-corrected chi connectivity index (χ1v) is 9.09. The molecule has 0 radical (unpaired) electrons. The highest BCUT2D eigenvalue weighted by Crippen LogP contribution is 2.31. The van der Waals surface area contributed by atoms with Crippen LogP contribution in [-0.4, -0.2) is 44.5 Å². The maximum atomic E-state index is 12.6. The first-order chi connectivity index (χ1) is 13.7. The molecule has 2 aromatic heterocycles. The summed E-state index contributed by atoms with van der Waals surface area (Å²) in [5, 5.41) is 11.4. The topological polar surface area (TPSA) is 98.3 Å². The van der Waals surface area contributed by atoms with Crippen LogP contribution in [0.2, 0.25) is 0 Å². The molecule has 0 aliphatic carbocycles. The molecule has 1 aliphatic heterocycles. The summed E-state index contributed by atoms with van der Waals surface area (Å²) in [4.78, 5) is 18.6. The lowest BCUT2D eigenvalue weighted by Crippen LogP contribution is -2.37. The zero-order valence-electron chi connectivity index (χ0n) is 15.9. The van der Waals surface area contributed by atoms with E-state index in [1.54, 1.807) is 16.7 Å². The van der Waals surface area contributed by atoms with Gasteiger partial charge in [-0.25, -0.2) is 4.79 Å². The second-order valence-corrected chi connectivity index (χ2v) is 6.67. The second-order valence-electron chi connectivity index (χ2n) is 6.67. The molecule has 3 heterocycles. The van der Waals surface area contributed by atoms with Gasteiger partial charge in [0, 0.05) is 26.3 Å². The third-order valence-corrected chi connectivity index (χ3v) is 4.73. The Bertz CT molecular complexity index is 965. The normalized spacial score (nSPS) is 13.0. The zero-order chi connectivity index (χ0) is 19.5. The molecule has 3 aromatic rings. The molecule has 0 atom stereocenters. The number of aromatic nitrogens is 4. The van der Waals surface area contributed by atoms with Crippen LogP contribution in [0.5, 0.6) is 0 Å². The second kappa shape index (κ2) is 7.81. The highest BCUT2D eigenvalue weighted by atomic mass is 16.5. The highest BCUT2D eigenvalue weighted by molar-refractivity contribution is 5.75. The molecule has 0 unspecified atom stereocenters. The SMILES string of the molecule is COCc1noc(-c2nn(C)c3c2CN(C(=O)NCCc2ccccc2)C3)n1. The highest BCUT2D eigenvalue weighted by Gasteiger charge is 2.32. The number of amides is 2. The van der Waals surface area contributed by atoms with Gasteiger partial charge in [-0.2, -0.15) is 10.1 Å². The molecule has 0 saturated heterocycles. The largest absolute Gasteiger partial charge is 0.377 e. The van der Waals surface area contributed by atoms with Crippen LogP contribution in [-0.2, 0) is 37.9 Å². The average molecular weight is 382 g/mol. The summed E-state index contributed by atoms with van der Waals surface area (Å²) in [7, 11) is 3.42.